The Hall–Kier alpha value is -0.990. The number of hydrogen-bond donors (Lipinski definition) is 2. The molecule has 1 aromatic heterocycles. The summed E-state index contributed by atoms with van der Waals surface area (Å²) >= 11 is 7.37. The first-order valence-electron chi connectivity index (χ1n) is 7.46. The summed E-state index contributed by atoms with van der Waals surface area (Å²) in [7, 11) is 0. The first-order chi connectivity index (χ1) is 11.2. The van der Waals surface area contributed by atoms with Gasteiger partial charge >= 0.3 is 0 Å². The first kappa shape index (κ1) is 21.1. The molecular weight excluding hydrogens is 455 g/mol. The van der Waals surface area contributed by atoms with Gasteiger partial charge in [-0.1, -0.05) is 41.6 Å². The summed E-state index contributed by atoms with van der Waals surface area (Å²) in [6.07, 6.45) is 4.65. The van der Waals surface area contributed by atoms with Gasteiger partial charge in [0.15, 0.2) is 5.17 Å². The van der Waals surface area contributed by atoms with E-state index in [-0.39, 0.29) is 24.0 Å². The molecule has 0 saturated carbocycles. The van der Waals surface area contributed by atoms with Gasteiger partial charge in [-0.2, -0.15) is 0 Å². The van der Waals surface area contributed by atoms with Gasteiger partial charge in [0.1, 0.15) is 5.82 Å². The molecule has 7 heteroatoms. The number of nitrogens with one attached hydrogen (secondary N) is 2. The Morgan fingerprint density at radius 1 is 1.25 bits per heavy atom. The summed E-state index contributed by atoms with van der Waals surface area (Å²) in [5.41, 5.74) is 1.20. The second-order valence-corrected chi connectivity index (χ2v) is 6.30. The van der Waals surface area contributed by atoms with E-state index in [0.29, 0.717) is 5.17 Å². The predicted molar refractivity (Wildman–Crippen MR) is 116 cm³/mol. The van der Waals surface area contributed by atoms with Crippen LogP contribution in [0.15, 0.2) is 48.7 Å². The van der Waals surface area contributed by atoms with Crippen LogP contribution in [-0.4, -0.2) is 29.5 Å². The smallest absolute Gasteiger partial charge is 0.153 e. The summed E-state index contributed by atoms with van der Waals surface area (Å²) in [6.45, 7) is 2.44. The second kappa shape index (κ2) is 11.5. The van der Waals surface area contributed by atoms with Crippen LogP contribution in [0.3, 0.4) is 0 Å². The Bertz CT molecular complexity index is 610. The fourth-order valence-corrected chi connectivity index (χ4v) is 2.54. The molecule has 0 fully saturated rings. The third-order valence-electron chi connectivity index (χ3n) is 3.35. The molecule has 0 radical (unpaired) electrons. The Morgan fingerprint density at radius 3 is 2.62 bits per heavy atom. The van der Waals surface area contributed by atoms with Crippen molar-refractivity contribution < 1.29 is 0 Å². The lowest BCUT2D eigenvalue weighted by Crippen LogP contribution is -2.29. The fourth-order valence-electron chi connectivity index (χ4n) is 2.17. The van der Waals surface area contributed by atoms with Crippen molar-refractivity contribution in [3.05, 3.63) is 59.2 Å². The molecule has 0 spiro atoms. The number of anilines is 1. The van der Waals surface area contributed by atoms with Gasteiger partial charge in [-0.05, 0) is 42.5 Å². The molecule has 0 aliphatic carbocycles. The molecule has 2 aromatic rings. The Labute approximate surface area is 169 Å². The van der Waals surface area contributed by atoms with Crippen molar-refractivity contribution in [2.45, 2.75) is 13.0 Å². The van der Waals surface area contributed by atoms with Crippen LogP contribution in [0, 0.1) is 5.41 Å². The SMILES string of the molecule is CSC(=N)NCCCN(Cc1ccc(Cl)cc1)c1ccccn1.I. The van der Waals surface area contributed by atoms with Crippen LogP contribution < -0.4 is 10.2 Å². The van der Waals surface area contributed by atoms with Gasteiger partial charge in [0.2, 0.25) is 0 Å². The minimum atomic E-state index is 0. The lowest BCUT2D eigenvalue weighted by atomic mass is 10.2. The van der Waals surface area contributed by atoms with Gasteiger partial charge in [0, 0.05) is 30.9 Å². The quantitative estimate of drug-likeness (QED) is 0.265. The fraction of sp³-hybridized carbons (Fsp3) is 0.294. The van der Waals surface area contributed by atoms with Crippen LogP contribution in [0.5, 0.6) is 0 Å². The third-order valence-corrected chi connectivity index (χ3v) is 4.16. The van der Waals surface area contributed by atoms with E-state index in [1.807, 2.05) is 54.9 Å². The van der Waals surface area contributed by atoms with Crippen LogP contribution in [0.2, 0.25) is 5.02 Å². The van der Waals surface area contributed by atoms with Crippen LogP contribution >= 0.6 is 47.3 Å². The van der Waals surface area contributed by atoms with Crippen LogP contribution in [0.1, 0.15) is 12.0 Å². The van der Waals surface area contributed by atoms with Crippen molar-refractivity contribution in [2.24, 2.45) is 0 Å². The molecule has 0 saturated heterocycles. The number of nitrogens with zero attached hydrogens (tertiary/aromatic N) is 2. The molecule has 130 valence electrons. The number of benzene rings is 1. The Morgan fingerprint density at radius 2 is 2.00 bits per heavy atom. The van der Waals surface area contributed by atoms with Crippen molar-refractivity contribution in [3.8, 4) is 0 Å². The largest absolute Gasteiger partial charge is 0.365 e. The maximum atomic E-state index is 7.60. The van der Waals surface area contributed by atoms with E-state index in [9.17, 15) is 0 Å². The number of amidine groups is 1. The molecule has 1 aromatic carbocycles. The standard InChI is InChI=1S/C17H21ClN4S.HI/c1-23-17(19)21-11-4-12-22(16-5-2-3-10-20-16)13-14-6-8-15(18)9-7-14;/h2-3,5-10H,4,11-13H2,1H3,(H2,19,21);1H. The van der Waals surface area contributed by atoms with Crippen LogP contribution in [0.25, 0.3) is 0 Å². The van der Waals surface area contributed by atoms with Gasteiger partial charge in [-0.15, -0.1) is 24.0 Å². The molecule has 0 aliphatic heterocycles. The molecule has 0 bridgehead atoms. The van der Waals surface area contributed by atoms with E-state index < -0.39 is 0 Å². The summed E-state index contributed by atoms with van der Waals surface area (Å²) in [6, 6.07) is 13.8. The average molecular weight is 477 g/mol. The van der Waals surface area contributed by atoms with Gasteiger partial charge in [-0.25, -0.2) is 4.98 Å². The van der Waals surface area contributed by atoms with E-state index in [0.717, 1.165) is 36.9 Å². The number of hydrogen-bond acceptors (Lipinski definition) is 4. The zero-order valence-corrected chi connectivity index (χ0v) is 17.4. The number of rotatable bonds is 7. The predicted octanol–water partition coefficient (Wildman–Crippen LogP) is 4.64. The molecule has 0 unspecified atom stereocenters. The van der Waals surface area contributed by atoms with Crippen molar-refractivity contribution in [1.82, 2.24) is 10.3 Å². The highest BCUT2D eigenvalue weighted by atomic mass is 127. The molecule has 1 heterocycles. The van der Waals surface area contributed by atoms with Crippen molar-refractivity contribution in [3.63, 3.8) is 0 Å². The van der Waals surface area contributed by atoms with E-state index in [4.69, 9.17) is 17.0 Å². The topological polar surface area (TPSA) is 52.0 Å². The monoisotopic (exact) mass is 476 g/mol. The van der Waals surface area contributed by atoms with Gasteiger partial charge < -0.3 is 10.2 Å². The Kier molecular flexibility index (Phi) is 10.1. The van der Waals surface area contributed by atoms with E-state index in [2.05, 4.69) is 15.2 Å². The van der Waals surface area contributed by atoms with Gasteiger partial charge in [0.05, 0.1) is 0 Å². The first-order valence-corrected chi connectivity index (χ1v) is 9.06. The minimum Gasteiger partial charge on any atom is -0.365 e. The van der Waals surface area contributed by atoms with Crippen molar-refractivity contribution in [2.75, 3.05) is 24.2 Å². The summed E-state index contributed by atoms with van der Waals surface area (Å²) in [5.74, 6) is 0.961. The molecule has 2 rings (SSSR count). The second-order valence-electron chi connectivity index (χ2n) is 5.05. The van der Waals surface area contributed by atoms with Gasteiger partial charge in [-0.3, -0.25) is 5.41 Å². The summed E-state index contributed by atoms with van der Waals surface area (Å²) in [5, 5.41) is 11.9. The highest BCUT2D eigenvalue weighted by molar-refractivity contribution is 14.0. The Balaban J connectivity index is 0.00000288. The highest BCUT2D eigenvalue weighted by Gasteiger charge is 2.08. The number of pyridine rings is 1. The van der Waals surface area contributed by atoms with Crippen molar-refractivity contribution >= 4 is 58.3 Å². The molecule has 4 nitrogen and oxygen atoms in total. The zero-order valence-electron chi connectivity index (χ0n) is 13.5. The number of aromatic nitrogens is 1. The average Bonchev–Trinajstić information content (AvgIpc) is 2.59. The van der Waals surface area contributed by atoms with Gasteiger partial charge in [0.25, 0.3) is 0 Å². The van der Waals surface area contributed by atoms with E-state index in [1.54, 1.807) is 0 Å². The van der Waals surface area contributed by atoms with E-state index >= 15 is 0 Å². The molecule has 0 atom stereocenters. The lowest BCUT2D eigenvalue weighted by molar-refractivity contribution is 0.704. The molecular formula is C17H22ClIN4S. The minimum absolute atomic E-state index is 0. The maximum Gasteiger partial charge on any atom is 0.153 e. The molecule has 24 heavy (non-hydrogen) atoms. The number of thioether (sulfide) groups is 1. The summed E-state index contributed by atoms with van der Waals surface area (Å²) in [4.78, 5) is 6.70. The number of halogens is 2. The molecule has 0 aliphatic rings. The third kappa shape index (κ3) is 7.27. The van der Waals surface area contributed by atoms with E-state index in [1.165, 1.54) is 17.3 Å². The van der Waals surface area contributed by atoms with Crippen LogP contribution in [-0.2, 0) is 6.54 Å². The maximum absolute atomic E-state index is 7.60. The van der Waals surface area contributed by atoms with Crippen molar-refractivity contribution in [1.29, 1.82) is 5.41 Å². The summed E-state index contributed by atoms with van der Waals surface area (Å²) < 4.78 is 0. The van der Waals surface area contributed by atoms with Crippen LogP contribution in [0.4, 0.5) is 5.82 Å². The molecule has 2 N–H and O–H groups in total. The normalized spacial score (nSPS) is 9.92. The lowest BCUT2D eigenvalue weighted by Gasteiger charge is -2.24. The molecule has 0 amide bonds. The highest BCUT2D eigenvalue weighted by Crippen LogP contribution is 2.16. The zero-order chi connectivity index (χ0) is 16.5.